The molecule has 0 radical (unpaired) electrons. The Morgan fingerprint density at radius 3 is 0.935 bits per heavy atom. The normalized spacial score (nSPS) is 11.5. The van der Waals surface area contributed by atoms with Crippen molar-refractivity contribution in [3.8, 4) is 0 Å². The van der Waals surface area contributed by atoms with Crippen molar-refractivity contribution in [2.24, 2.45) is 0 Å². The van der Waals surface area contributed by atoms with Crippen molar-refractivity contribution in [2.75, 3.05) is 9.80 Å². The summed E-state index contributed by atoms with van der Waals surface area (Å²) < 4.78 is 13.0. The standard InChI is InChI=1S/C42H28N2O2/c1-5-13-29(14-6-1)43(30-15-7-2-8-16-30)33-21-23-35-37-27-38-36-24-22-34(26-40(36)46-42(38)28-41(37)45-39(35)25-33)44(31-17-9-3-10-18-31)32-19-11-4-12-20-32/h1-28H. The molecule has 9 rings (SSSR count). The van der Waals surface area contributed by atoms with Gasteiger partial charge in [0, 0.05) is 73.9 Å². The molecule has 0 spiro atoms. The number of benzene rings is 7. The van der Waals surface area contributed by atoms with Gasteiger partial charge >= 0.3 is 0 Å². The molecule has 7 aromatic carbocycles. The molecule has 0 unspecified atom stereocenters. The molecule has 0 N–H and O–H groups in total. The summed E-state index contributed by atoms with van der Waals surface area (Å²) in [4.78, 5) is 4.50. The molecule has 0 amide bonds. The van der Waals surface area contributed by atoms with Gasteiger partial charge in [0.15, 0.2) is 0 Å². The van der Waals surface area contributed by atoms with Gasteiger partial charge in [-0.05, 0) is 78.9 Å². The highest BCUT2D eigenvalue weighted by molar-refractivity contribution is 6.15. The van der Waals surface area contributed by atoms with Crippen LogP contribution in [0.5, 0.6) is 0 Å². The first-order valence-corrected chi connectivity index (χ1v) is 15.4. The largest absolute Gasteiger partial charge is 0.456 e. The van der Waals surface area contributed by atoms with Gasteiger partial charge in [0.2, 0.25) is 0 Å². The molecule has 4 heteroatoms. The molecule has 4 nitrogen and oxygen atoms in total. The lowest BCUT2D eigenvalue weighted by atomic mass is 10.1. The van der Waals surface area contributed by atoms with Crippen LogP contribution in [0.25, 0.3) is 43.9 Å². The molecule has 218 valence electrons. The summed E-state index contributed by atoms with van der Waals surface area (Å²) in [6.45, 7) is 0. The molecular weight excluding hydrogens is 564 g/mol. The van der Waals surface area contributed by atoms with E-state index in [2.05, 4.69) is 149 Å². The second-order valence-corrected chi connectivity index (χ2v) is 11.4. The number of nitrogens with zero attached hydrogens (tertiary/aromatic N) is 2. The molecule has 0 fully saturated rings. The monoisotopic (exact) mass is 592 g/mol. The first-order valence-electron chi connectivity index (χ1n) is 15.4. The van der Waals surface area contributed by atoms with E-state index >= 15 is 0 Å². The van der Waals surface area contributed by atoms with Gasteiger partial charge in [0.1, 0.15) is 22.3 Å². The predicted octanol–water partition coefficient (Wildman–Crippen LogP) is 12.4. The van der Waals surface area contributed by atoms with E-state index in [1.54, 1.807) is 0 Å². The highest BCUT2D eigenvalue weighted by Gasteiger charge is 2.19. The number of hydrogen-bond acceptors (Lipinski definition) is 4. The van der Waals surface area contributed by atoms with Gasteiger partial charge in [-0.1, -0.05) is 72.8 Å². The van der Waals surface area contributed by atoms with Crippen molar-refractivity contribution in [3.05, 3.63) is 170 Å². The molecule has 9 aromatic rings. The highest BCUT2D eigenvalue weighted by atomic mass is 16.3. The Labute approximate surface area is 265 Å². The SMILES string of the molecule is c1ccc(N(c2ccccc2)c2ccc3c(c2)oc2cc4oc5cc(N(c6ccccc6)c6ccccc6)ccc5c4cc23)cc1. The minimum absolute atomic E-state index is 0.806. The van der Waals surface area contributed by atoms with E-state index in [1.807, 2.05) is 30.3 Å². The van der Waals surface area contributed by atoms with Gasteiger partial charge in [0.25, 0.3) is 0 Å². The molecule has 46 heavy (non-hydrogen) atoms. The zero-order chi connectivity index (χ0) is 30.5. The lowest BCUT2D eigenvalue weighted by Crippen LogP contribution is -2.09. The highest BCUT2D eigenvalue weighted by Crippen LogP contribution is 2.42. The summed E-state index contributed by atoms with van der Waals surface area (Å²) in [5.41, 5.74) is 9.71. The van der Waals surface area contributed by atoms with E-state index in [4.69, 9.17) is 8.83 Å². The van der Waals surface area contributed by atoms with Crippen LogP contribution in [0.3, 0.4) is 0 Å². The number of hydrogen-bond donors (Lipinski definition) is 0. The maximum Gasteiger partial charge on any atom is 0.139 e. The van der Waals surface area contributed by atoms with Crippen molar-refractivity contribution in [2.45, 2.75) is 0 Å². The molecule has 0 saturated heterocycles. The lowest BCUT2D eigenvalue weighted by molar-refractivity contribution is 0.656. The lowest BCUT2D eigenvalue weighted by Gasteiger charge is -2.25. The number of para-hydroxylation sites is 4. The van der Waals surface area contributed by atoms with Gasteiger partial charge in [-0.2, -0.15) is 0 Å². The summed E-state index contributed by atoms with van der Waals surface area (Å²) in [6.07, 6.45) is 0. The van der Waals surface area contributed by atoms with E-state index in [9.17, 15) is 0 Å². The fraction of sp³-hybridized carbons (Fsp3) is 0. The Bertz CT molecular complexity index is 2220. The predicted molar refractivity (Wildman–Crippen MR) is 190 cm³/mol. The second kappa shape index (κ2) is 10.7. The Morgan fingerprint density at radius 1 is 0.261 bits per heavy atom. The zero-order valence-corrected chi connectivity index (χ0v) is 24.9. The minimum atomic E-state index is 0.806. The van der Waals surface area contributed by atoms with Gasteiger partial charge in [0.05, 0.1) is 0 Å². The Morgan fingerprint density at radius 2 is 0.587 bits per heavy atom. The van der Waals surface area contributed by atoms with Crippen molar-refractivity contribution >= 4 is 78.0 Å². The number of anilines is 6. The van der Waals surface area contributed by atoms with E-state index in [0.717, 1.165) is 78.0 Å². The third-order valence-electron chi connectivity index (χ3n) is 8.61. The minimum Gasteiger partial charge on any atom is -0.456 e. The van der Waals surface area contributed by atoms with Crippen molar-refractivity contribution in [1.29, 1.82) is 0 Å². The quantitative estimate of drug-likeness (QED) is 0.192. The molecule has 0 atom stereocenters. The number of rotatable bonds is 6. The van der Waals surface area contributed by atoms with Crippen molar-refractivity contribution in [3.63, 3.8) is 0 Å². The molecule has 0 bridgehead atoms. The molecule has 2 heterocycles. The zero-order valence-electron chi connectivity index (χ0n) is 24.9. The van der Waals surface area contributed by atoms with Gasteiger partial charge in [-0.25, -0.2) is 0 Å². The van der Waals surface area contributed by atoms with Crippen LogP contribution in [0.4, 0.5) is 34.1 Å². The van der Waals surface area contributed by atoms with E-state index in [-0.39, 0.29) is 0 Å². The molecule has 0 aliphatic rings. The van der Waals surface area contributed by atoms with Gasteiger partial charge in [-0.15, -0.1) is 0 Å². The summed E-state index contributed by atoms with van der Waals surface area (Å²) in [5.74, 6) is 0. The van der Waals surface area contributed by atoms with E-state index in [0.29, 0.717) is 0 Å². The third-order valence-corrected chi connectivity index (χ3v) is 8.61. The summed E-state index contributed by atoms with van der Waals surface area (Å²) >= 11 is 0. The third kappa shape index (κ3) is 4.39. The average molecular weight is 593 g/mol. The number of furan rings is 2. The van der Waals surface area contributed by atoms with E-state index in [1.165, 1.54) is 0 Å². The average Bonchev–Trinajstić information content (AvgIpc) is 3.65. The summed E-state index contributed by atoms with van der Waals surface area (Å²) in [5, 5.41) is 4.29. The molecule has 0 aliphatic heterocycles. The summed E-state index contributed by atoms with van der Waals surface area (Å²) in [6, 6.07) is 58.8. The van der Waals surface area contributed by atoms with Crippen LogP contribution in [0.2, 0.25) is 0 Å². The molecule has 0 saturated carbocycles. The Hall–Kier alpha value is -6.26. The van der Waals surface area contributed by atoms with Crippen molar-refractivity contribution in [1.82, 2.24) is 0 Å². The maximum atomic E-state index is 6.50. The summed E-state index contributed by atoms with van der Waals surface area (Å²) in [7, 11) is 0. The van der Waals surface area contributed by atoms with Gasteiger partial charge in [-0.3, -0.25) is 0 Å². The topological polar surface area (TPSA) is 32.8 Å². The first kappa shape index (κ1) is 26.2. The molecular formula is C42H28N2O2. The second-order valence-electron chi connectivity index (χ2n) is 11.4. The van der Waals surface area contributed by atoms with Crippen LogP contribution in [0.1, 0.15) is 0 Å². The Balaban J connectivity index is 1.15. The van der Waals surface area contributed by atoms with E-state index < -0.39 is 0 Å². The fourth-order valence-electron chi connectivity index (χ4n) is 6.50. The van der Waals surface area contributed by atoms with Crippen LogP contribution < -0.4 is 9.80 Å². The first-order chi connectivity index (χ1) is 22.8. The van der Waals surface area contributed by atoms with Crippen LogP contribution in [0, 0.1) is 0 Å². The van der Waals surface area contributed by atoms with Gasteiger partial charge < -0.3 is 18.6 Å². The maximum absolute atomic E-state index is 6.50. The van der Waals surface area contributed by atoms with Crippen LogP contribution in [0.15, 0.2) is 179 Å². The van der Waals surface area contributed by atoms with Crippen LogP contribution in [-0.2, 0) is 0 Å². The van der Waals surface area contributed by atoms with Crippen molar-refractivity contribution < 1.29 is 8.83 Å². The Kier molecular flexibility index (Phi) is 6.10. The molecule has 0 aliphatic carbocycles. The van der Waals surface area contributed by atoms with Crippen LogP contribution in [-0.4, -0.2) is 0 Å². The van der Waals surface area contributed by atoms with Crippen LogP contribution >= 0.6 is 0 Å². The molecule has 2 aromatic heterocycles. The fourth-order valence-corrected chi connectivity index (χ4v) is 6.50. The smallest absolute Gasteiger partial charge is 0.139 e. The number of fused-ring (bicyclic) bond motifs is 6.